The Balaban J connectivity index is 1.95. The molecule has 2 aromatic rings. The highest BCUT2D eigenvalue weighted by Gasteiger charge is 1.99. The molecule has 1 N–H and O–H groups in total. The highest BCUT2D eigenvalue weighted by Crippen LogP contribution is 2.17. The molecule has 0 atom stereocenters. The smallest absolute Gasteiger partial charge is 0.149 e. The summed E-state index contributed by atoms with van der Waals surface area (Å²) in [6.45, 7) is 0.286. The van der Waals surface area contributed by atoms with Gasteiger partial charge in [0, 0.05) is 11.1 Å². The zero-order chi connectivity index (χ0) is 12.6. The Morgan fingerprint density at radius 1 is 0.944 bits per heavy atom. The lowest BCUT2D eigenvalue weighted by Gasteiger charge is -2.06. The first-order valence-electron chi connectivity index (χ1n) is 5.75. The lowest BCUT2D eigenvalue weighted by Crippen LogP contribution is -1.97. The molecule has 18 heavy (non-hydrogen) atoms. The molecule has 2 heteroatoms. The van der Waals surface area contributed by atoms with E-state index < -0.39 is 0 Å². The number of benzene rings is 2. The van der Waals surface area contributed by atoms with Crippen LogP contribution in [-0.4, -0.2) is 11.7 Å². The van der Waals surface area contributed by atoms with E-state index in [4.69, 9.17) is 9.84 Å². The van der Waals surface area contributed by atoms with Gasteiger partial charge in [-0.15, -0.1) is 0 Å². The molecule has 90 valence electrons. The van der Waals surface area contributed by atoms with E-state index in [0.29, 0.717) is 12.4 Å². The Hall–Kier alpha value is -2.24. The van der Waals surface area contributed by atoms with Crippen LogP contribution in [0.25, 0.3) is 0 Å². The van der Waals surface area contributed by atoms with Gasteiger partial charge >= 0.3 is 0 Å². The number of aliphatic hydroxyl groups is 1. The number of aliphatic hydroxyl groups excluding tert-OH is 1. The van der Waals surface area contributed by atoms with Crippen molar-refractivity contribution in [1.29, 1.82) is 0 Å². The molecule has 0 aromatic heterocycles. The molecule has 0 bridgehead atoms. The minimum atomic E-state index is -0.0255. The van der Waals surface area contributed by atoms with Crippen LogP contribution in [-0.2, 0) is 6.61 Å². The summed E-state index contributed by atoms with van der Waals surface area (Å²) in [7, 11) is 0. The zero-order valence-electron chi connectivity index (χ0n) is 9.97. The van der Waals surface area contributed by atoms with E-state index in [-0.39, 0.29) is 6.61 Å². The van der Waals surface area contributed by atoms with Crippen LogP contribution >= 0.6 is 0 Å². The SMILES string of the molecule is OCc1ccccc1OCC#Cc1ccccc1. The second-order valence-electron chi connectivity index (χ2n) is 3.72. The maximum atomic E-state index is 9.14. The molecule has 2 aromatic carbocycles. The summed E-state index contributed by atoms with van der Waals surface area (Å²) in [5.41, 5.74) is 1.75. The molecule has 0 spiro atoms. The van der Waals surface area contributed by atoms with E-state index in [0.717, 1.165) is 11.1 Å². The Bertz CT molecular complexity index is 550. The summed E-state index contributed by atoms with van der Waals surface area (Å²) in [6, 6.07) is 17.2. The van der Waals surface area contributed by atoms with Crippen molar-refractivity contribution in [3.05, 3.63) is 65.7 Å². The lowest BCUT2D eigenvalue weighted by atomic mass is 10.2. The van der Waals surface area contributed by atoms with E-state index in [1.807, 2.05) is 54.6 Å². The first-order chi connectivity index (χ1) is 8.90. The summed E-state index contributed by atoms with van der Waals surface area (Å²) in [5.74, 6) is 6.65. The maximum absolute atomic E-state index is 9.14. The van der Waals surface area contributed by atoms with E-state index in [1.54, 1.807) is 0 Å². The van der Waals surface area contributed by atoms with E-state index in [1.165, 1.54) is 0 Å². The Kier molecular flexibility index (Phi) is 4.40. The highest BCUT2D eigenvalue weighted by molar-refractivity contribution is 5.35. The van der Waals surface area contributed by atoms with Gasteiger partial charge in [-0.1, -0.05) is 48.2 Å². The average Bonchev–Trinajstić information content (AvgIpc) is 2.45. The van der Waals surface area contributed by atoms with Crippen LogP contribution in [0.4, 0.5) is 0 Å². The van der Waals surface area contributed by atoms with Gasteiger partial charge in [0.2, 0.25) is 0 Å². The third-order valence-corrected chi connectivity index (χ3v) is 2.45. The highest BCUT2D eigenvalue weighted by atomic mass is 16.5. The fraction of sp³-hybridized carbons (Fsp3) is 0.125. The third kappa shape index (κ3) is 3.38. The summed E-state index contributed by atoms with van der Waals surface area (Å²) in [4.78, 5) is 0. The molecule has 0 saturated heterocycles. The Labute approximate surface area is 107 Å². The quantitative estimate of drug-likeness (QED) is 0.833. The molecular weight excluding hydrogens is 224 g/mol. The van der Waals surface area contributed by atoms with Gasteiger partial charge in [-0.05, 0) is 18.2 Å². The van der Waals surface area contributed by atoms with Crippen LogP contribution in [0, 0.1) is 11.8 Å². The van der Waals surface area contributed by atoms with Crippen molar-refractivity contribution < 1.29 is 9.84 Å². The normalized spacial score (nSPS) is 9.39. The summed E-state index contributed by atoms with van der Waals surface area (Å²) < 4.78 is 5.52. The predicted octanol–water partition coefficient (Wildman–Crippen LogP) is 2.61. The topological polar surface area (TPSA) is 29.5 Å². The van der Waals surface area contributed by atoms with Crippen LogP contribution in [0.3, 0.4) is 0 Å². The number of hydrogen-bond donors (Lipinski definition) is 1. The van der Waals surface area contributed by atoms with E-state index in [9.17, 15) is 0 Å². The van der Waals surface area contributed by atoms with Crippen LogP contribution in [0.1, 0.15) is 11.1 Å². The summed E-state index contributed by atoms with van der Waals surface area (Å²) >= 11 is 0. The number of hydrogen-bond acceptors (Lipinski definition) is 2. The van der Waals surface area contributed by atoms with Gasteiger partial charge in [0.15, 0.2) is 0 Å². The molecular formula is C16H14O2. The van der Waals surface area contributed by atoms with Gasteiger partial charge in [-0.2, -0.15) is 0 Å². The third-order valence-electron chi connectivity index (χ3n) is 2.45. The van der Waals surface area contributed by atoms with Crippen LogP contribution in [0.5, 0.6) is 5.75 Å². The van der Waals surface area contributed by atoms with Crippen LogP contribution in [0.15, 0.2) is 54.6 Å². The van der Waals surface area contributed by atoms with E-state index >= 15 is 0 Å². The van der Waals surface area contributed by atoms with Crippen molar-refractivity contribution >= 4 is 0 Å². The van der Waals surface area contributed by atoms with Gasteiger partial charge in [0.05, 0.1) is 6.61 Å². The van der Waals surface area contributed by atoms with Crippen molar-refractivity contribution in [3.63, 3.8) is 0 Å². The number of rotatable bonds is 3. The van der Waals surface area contributed by atoms with Crippen molar-refractivity contribution in [2.75, 3.05) is 6.61 Å². The molecule has 0 radical (unpaired) electrons. The molecule has 2 nitrogen and oxygen atoms in total. The van der Waals surface area contributed by atoms with Gasteiger partial charge in [0.1, 0.15) is 12.4 Å². The summed E-state index contributed by atoms with van der Waals surface area (Å²) in [6.07, 6.45) is 0. The Morgan fingerprint density at radius 2 is 1.67 bits per heavy atom. The second-order valence-corrected chi connectivity index (χ2v) is 3.72. The van der Waals surface area contributed by atoms with Gasteiger partial charge < -0.3 is 9.84 Å². The van der Waals surface area contributed by atoms with Crippen molar-refractivity contribution in [1.82, 2.24) is 0 Å². The number of ether oxygens (including phenoxy) is 1. The monoisotopic (exact) mass is 238 g/mol. The first-order valence-corrected chi connectivity index (χ1v) is 5.75. The standard InChI is InChI=1S/C16H14O2/c17-13-15-10-4-5-11-16(15)18-12-6-9-14-7-2-1-3-8-14/h1-5,7-8,10-11,17H,12-13H2. The van der Waals surface area contributed by atoms with Gasteiger partial charge in [-0.25, -0.2) is 0 Å². The van der Waals surface area contributed by atoms with Crippen LogP contribution in [0.2, 0.25) is 0 Å². The first kappa shape index (κ1) is 12.2. The number of para-hydroxylation sites is 1. The minimum Gasteiger partial charge on any atom is -0.481 e. The maximum Gasteiger partial charge on any atom is 0.149 e. The molecule has 2 rings (SSSR count). The lowest BCUT2D eigenvalue weighted by molar-refractivity contribution is 0.270. The Morgan fingerprint density at radius 3 is 2.44 bits per heavy atom. The molecule has 0 aliphatic rings. The van der Waals surface area contributed by atoms with Crippen molar-refractivity contribution in [3.8, 4) is 17.6 Å². The molecule has 0 aliphatic carbocycles. The zero-order valence-corrected chi connectivity index (χ0v) is 9.97. The minimum absolute atomic E-state index is 0.0255. The predicted molar refractivity (Wildman–Crippen MR) is 71.2 cm³/mol. The molecule has 0 heterocycles. The molecule has 0 unspecified atom stereocenters. The molecule has 0 fully saturated rings. The van der Waals surface area contributed by atoms with Crippen molar-refractivity contribution in [2.24, 2.45) is 0 Å². The van der Waals surface area contributed by atoms with E-state index in [2.05, 4.69) is 11.8 Å². The summed E-state index contributed by atoms with van der Waals surface area (Å²) in [5, 5.41) is 9.14. The molecule has 0 saturated carbocycles. The van der Waals surface area contributed by atoms with Gasteiger partial charge in [-0.3, -0.25) is 0 Å². The fourth-order valence-corrected chi connectivity index (χ4v) is 1.55. The molecule has 0 aliphatic heterocycles. The van der Waals surface area contributed by atoms with Crippen molar-refractivity contribution in [2.45, 2.75) is 6.61 Å². The van der Waals surface area contributed by atoms with Gasteiger partial charge in [0.25, 0.3) is 0 Å². The average molecular weight is 238 g/mol. The fourth-order valence-electron chi connectivity index (χ4n) is 1.55. The van der Waals surface area contributed by atoms with Crippen LogP contribution < -0.4 is 4.74 Å². The largest absolute Gasteiger partial charge is 0.481 e. The second kappa shape index (κ2) is 6.48. The molecule has 0 amide bonds.